The van der Waals surface area contributed by atoms with Crippen LogP contribution in [-0.2, 0) is 10.5 Å². The number of ether oxygens (including phenoxy) is 3. The second-order valence-corrected chi connectivity index (χ2v) is 9.33. The summed E-state index contributed by atoms with van der Waals surface area (Å²) in [5.74, 6) is 2.94. The number of nitrogens with zero attached hydrogens (tertiary/aromatic N) is 2. The number of thioether (sulfide) groups is 2. The predicted octanol–water partition coefficient (Wildman–Crippen LogP) is 4.59. The number of methoxy groups -OCH3 is 3. The average Bonchev–Trinajstić information content (AvgIpc) is 3.24. The van der Waals surface area contributed by atoms with E-state index in [1.54, 1.807) is 51.3 Å². The first-order valence-corrected chi connectivity index (χ1v) is 11.6. The summed E-state index contributed by atoms with van der Waals surface area (Å²) in [6.45, 7) is 0. The third kappa shape index (κ3) is 6.54. The van der Waals surface area contributed by atoms with Crippen LogP contribution in [0.15, 0.2) is 51.1 Å². The van der Waals surface area contributed by atoms with E-state index >= 15 is 0 Å². The van der Waals surface area contributed by atoms with Gasteiger partial charge in [0.1, 0.15) is 17.2 Å². The highest BCUT2D eigenvalue weighted by Crippen LogP contribution is 2.31. The second-order valence-electron chi connectivity index (χ2n) is 5.91. The Kier molecular flexibility index (Phi) is 8.23. The molecule has 2 aromatic carbocycles. The summed E-state index contributed by atoms with van der Waals surface area (Å²) in [6, 6.07) is 13.2. The lowest BCUT2D eigenvalue weighted by molar-refractivity contribution is -0.113. The van der Waals surface area contributed by atoms with Gasteiger partial charge in [0.05, 0.1) is 27.1 Å². The molecule has 0 fully saturated rings. The molecule has 1 heterocycles. The van der Waals surface area contributed by atoms with Gasteiger partial charge in [-0.1, -0.05) is 47.0 Å². The number of carbonyl (C=O) groups is 1. The third-order valence-corrected chi connectivity index (χ3v) is 7.13. The van der Waals surface area contributed by atoms with Crippen LogP contribution in [0, 0.1) is 0 Å². The molecule has 0 aliphatic heterocycles. The molecule has 0 unspecified atom stereocenters. The van der Waals surface area contributed by atoms with Gasteiger partial charge in [0.15, 0.2) is 8.68 Å². The van der Waals surface area contributed by atoms with Crippen molar-refractivity contribution in [3.05, 3.63) is 48.0 Å². The number of hydrogen-bond acceptors (Lipinski definition) is 9. The fourth-order valence-electron chi connectivity index (χ4n) is 2.38. The molecule has 0 aliphatic carbocycles. The summed E-state index contributed by atoms with van der Waals surface area (Å²) < 4.78 is 17.2. The average molecular weight is 464 g/mol. The van der Waals surface area contributed by atoms with Crippen molar-refractivity contribution in [1.29, 1.82) is 0 Å². The molecule has 7 nitrogen and oxygen atoms in total. The van der Waals surface area contributed by atoms with Crippen molar-refractivity contribution in [3.63, 3.8) is 0 Å². The maximum atomic E-state index is 12.3. The number of amides is 1. The van der Waals surface area contributed by atoms with Crippen molar-refractivity contribution in [3.8, 4) is 17.2 Å². The summed E-state index contributed by atoms with van der Waals surface area (Å²) in [5, 5.41) is 11.2. The molecule has 0 aliphatic rings. The van der Waals surface area contributed by atoms with Crippen molar-refractivity contribution < 1.29 is 19.0 Å². The van der Waals surface area contributed by atoms with Crippen molar-refractivity contribution in [1.82, 2.24) is 10.2 Å². The van der Waals surface area contributed by atoms with Crippen LogP contribution < -0.4 is 19.5 Å². The molecular weight excluding hydrogens is 442 g/mol. The standard InChI is InChI=1S/C20H21N3O4S3/c1-25-15-6-4-13(5-7-15)11-28-19-22-23-20(30-19)29-12-18(24)21-14-8-16(26-2)10-17(9-14)27-3/h4-10H,11-12H2,1-3H3,(H,21,24). The van der Waals surface area contributed by atoms with Gasteiger partial charge in [0, 0.05) is 29.6 Å². The molecule has 1 N–H and O–H groups in total. The normalized spacial score (nSPS) is 10.5. The number of benzene rings is 2. The van der Waals surface area contributed by atoms with Crippen LogP contribution in [0.25, 0.3) is 0 Å². The van der Waals surface area contributed by atoms with Gasteiger partial charge < -0.3 is 19.5 Å². The van der Waals surface area contributed by atoms with Gasteiger partial charge in [0.2, 0.25) is 5.91 Å². The largest absolute Gasteiger partial charge is 0.497 e. The van der Waals surface area contributed by atoms with E-state index in [0.717, 1.165) is 20.2 Å². The molecule has 1 aromatic heterocycles. The lowest BCUT2D eigenvalue weighted by atomic mass is 10.2. The first-order chi connectivity index (χ1) is 14.6. The summed E-state index contributed by atoms with van der Waals surface area (Å²) in [5.41, 5.74) is 1.79. The minimum absolute atomic E-state index is 0.141. The zero-order valence-corrected chi connectivity index (χ0v) is 19.2. The molecule has 10 heteroatoms. The van der Waals surface area contributed by atoms with E-state index in [0.29, 0.717) is 17.2 Å². The fraction of sp³-hybridized carbons (Fsp3) is 0.250. The van der Waals surface area contributed by atoms with Gasteiger partial charge in [-0.05, 0) is 17.7 Å². The Hall–Kier alpha value is -2.43. The van der Waals surface area contributed by atoms with E-state index in [-0.39, 0.29) is 11.7 Å². The van der Waals surface area contributed by atoms with Crippen LogP contribution in [-0.4, -0.2) is 43.2 Å². The van der Waals surface area contributed by atoms with E-state index in [1.807, 2.05) is 24.3 Å². The first-order valence-electron chi connectivity index (χ1n) is 8.84. The van der Waals surface area contributed by atoms with Gasteiger partial charge >= 0.3 is 0 Å². The molecule has 0 bridgehead atoms. The minimum atomic E-state index is -0.141. The van der Waals surface area contributed by atoms with Gasteiger partial charge in [-0.25, -0.2) is 0 Å². The highest BCUT2D eigenvalue weighted by atomic mass is 32.2. The second kappa shape index (κ2) is 11.1. The molecule has 1 amide bonds. The highest BCUT2D eigenvalue weighted by molar-refractivity contribution is 8.03. The third-order valence-electron chi connectivity index (χ3n) is 3.87. The van der Waals surface area contributed by atoms with Crippen molar-refractivity contribution in [2.45, 2.75) is 14.4 Å². The summed E-state index contributed by atoms with van der Waals surface area (Å²) in [4.78, 5) is 12.3. The van der Waals surface area contributed by atoms with E-state index < -0.39 is 0 Å². The number of anilines is 1. The Bertz CT molecular complexity index is 957. The highest BCUT2D eigenvalue weighted by Gasteiger charge is 2.11. The van der Waals surface area contributed by atoms with Crippen LogP contribution in [0.5, 0.6) is 17.2 Å². The molecule has 30 heavy (non-hydrogen) atoms. The number of nitrogens with one attached hydrogen (secondary N) is 1. The Balaban J connectivity index is 1.48. The summed E-state index contributed by atoms with van der Waals surface area (Å²) >= 11 is 4.45. The van der Waals surface area contributed by atoms with Crippen LogP contribution in [0.4, 0.5) is 5.69 Å². The Morgan fingerprint density at radius 2 is 1.50 bits per heavy atom. The lowest BCUT2D eigenvalue weighted by Gasteiger charge is -2.09. The smallest absolute Gasteiger partial charge is 0.234 e. The molecule has 158 valence electrons. The van der Waals surface area contributed by atoms with Crippen LogP contribution in [0.3, 0.4) is 0 Å². The molecule has 3 rings (SSSR count). The van der Waals surface area contributed by atoms with Crippen molar-refractivity contribution in [2.24, 2.45) is 0 Å². The van der Waals surface area contributed by atoms with Gasteiger partial charge in [-0.15, -0.1) is 10.2 Å². The zero-order chi connectivity index (χ0) is 21.3. The van der Waals surface area contributed by atoms with E-state index in [4.69, 9.17) is 14.2 Å². The molecule has 0 atom stereocenters. The van der Waals surface area contributed by atoms with Gasteiger partial charge in [-0.3, -0.25) is 4.79 Å². The quantitative estimate of drug-likeness (QED) is 0.437. The monoisotopic (exact) mass is 463 g/mol. The predicted molar refractivity (Wildman–Crippen MR) is 121 cm³/mol. The van der Waals surface area contributed by atoms with E-state index in [2.05, 4.69) is 15.5 Å². The number of rotatable bonds is 10. The van der Waals surface area contributed by atoms with Crippen LogP contribution >= 0.6 is 34.9 Å². The minimum Gasteiger partial charge on any atom is -0.497 e. The van der Waals surface area contributed by atoms with E-state index in [1.165, 1.54) is 28.7 Å². The zero-order valence-electron chi connectivity index (χ0n) is 16.7. The summed E-state index contributed by atoms with van der Waals surface area (Å²) in [6.07, 6.45) is 0. The SMILES string of the molecule is COc1ccc(CSc2nnc(SCC(=O)Nc3cc(OC)cc(OC)c3)s2)cc1. The fourth-order valence-corrected chi connectivity index (χ4v) is 5.16. The van der Waals surface area contributed by atoms with Crippen LogP contribution in [0.2, 0.25) is 0 Å². The Labute approximate surface area is 187 Å². The maximum Gasteiger partial charge on any atom is 0.234 e. The Morgan fingerprint density at radius 3 is 2.10 bits per heavy atom. The Morgan fingerprint density at radius 1 is 0.900 bits per heavy atom. The molecular formula is C20H21N3O4S3. The molecule has 3 aromatic rings. The van der Waals surface area contributed by atoms with E-state index in [9.17, 15) is 4.79 Å². The molecule has 0 radical (unpaired) electrons. The molecule has 0 saturated carbocycles. The lowest BCUT2D eigenvalue weighted by Crippen LogP contribution is -2.14. The number of hydrogen-bond donors (Lipinski definition) is 1. The summed E-state index contributed by atoms with van der Waals surface area (Å²) in [7, 11) is 4.78. The van der Waals surface area contributed by atoms with Gasteiger partial charge in [-0.2, -0.15) is 0 Å². The van der Waals surface area contributed by atoms with Crippen molar-refractivity contribution in [2.75, 3.05) is 32.4 Å². The van der Waals surface area contributed by atoms with Crippen molar-refractivity contribution >= 4 is 46.5 Å². The topological polar surface area (TPSA) is 82.6 Å². The first kappa shape index (κ1) is 22.3. The number of aromatic nitrogens is 2. The number of carbonyl (C=O) groups excluding carboxylic acids is 1. The maximum absolute atomic E-state index is 12.3. The van der Waals surface area contributed by atoms with Crippen LogP contribution in [0.1, 0.15) is 5.56 Å². The van der Waals surface area contributed by atoms with Gasteiger partial charge in [0.25, 0.3) is 0 Å². The molecule has 0 spiro atoms. The molecule has 0 saturated heterocycles.